The summed E-state index contributed by atoms with van der Waals surface area (Å²) in [7, 11) is 0. The van der Waals surface area contributed by atoms with Gasteiger partial charge in [0.1, 0.15) is 11.2 Å². The largest absolute Gasteiger partial charge is 0.455 e. The van der Waals surface area contributed by atoms with Crippen LogP contribution in [-0.2, 0) is 0 Å². The van der Waals surface area contributed by atoms with Gasteiger partial charge >= 0.3 is 0 Å². The molecule has 0 bridgehead atoms. The Kier molecular flexibility index (Phi) is 8.00. The van der Waals surface area contributed by atoms with E-state index in [4.69, 9.17) is 19.4 Å². The SMILES string of the molecule is CCC1C=C(c2ccccc2)N=C(c2ccccc2)N=C1c1ccc(-c2nc3c(-c4cccc5c4oc4ccccc45)cccc3c3c2sc2ccccc23)cc1. The zero-order valence-electron chi connectivity index (χ0n) is 31.2. The van der Waals surface area contributed by atoms with Gasteiger partial charge in [-0.2, -0.15) is 0 Å². The minimum Gasteiger partial charge on any atom is -0.455 e. The van der Waals surface area contributed by atoms with Gasteiger partial charge in [-0.05, 0) is 35.8 Å². The number of pyridine rings is 1. The molecule has 0 saturated heterocycles. The Balaban J connectivity index is 1.09. The number of allylic oxidation sites excluding steroid dienone is 1. The Morgan fingerprint density at radius 1 is 0.544 bits per heavy atom. The molecule has 0 fully saturated rings. The zero-order chi connectivity index (χ0) is 37.9. The van der Waals surface area contributed by atoms with E-state index in [0.717, 1.165) is 95.6 Å². The quantitative estimate of drug-likeness (QED) is 0.170. The van der Waals surface area contributed by atoms with Gasteiger partial charge < -0.3 is 4.42 Å². The molecule has 7 aromatic carbocycles. The minimum absolute atomic E-state index is 0.0765. The van der Waals surface area contributed by atoms with Crippen molar-refractivity contribution in [3.05, 3.63) is 193 Å². The molecule has 0 radical (unpaired) electrons. The second-order valence-corrected chi connectivity index (χ2v) is 15.6. The second-order valence-electron chi connectivity index (χ2n) is 14.6. The van der Waals surface area contributed by atoms with Crippen molar-refractivity contribution in [1.29, 1.82) is 0 Å². The molecule has 1 aliphatic rings. The van der Waals surface area contributed by atoms with Crippen LogP contribution in [-0.4, -0.2) is 16.5 Å². The van der Waals surface area contributed by atoms with Gasteiger partial charge in [-0.1, -0.05) is 165 Å². The normalized spacial score (nSPS) is 14.6. The fourth-order valence-electron chi connectivity index (χ4n) is 8.40. The van der Waals surface area contributed by atoms with E-state index >= 15 is 0 Å². The molecule has 1 aliphatic heterocycles. The van der Waals surface area contributed by atoms with Gasteiger partial charge in [0, 0.05) is 59.8 Å². The van der Waals surface area contributed by atoms with E-state index in [1.807, 2.05) is 47.7 Å². The first-order chi connectivity index (χ1) is 28.2. The number of aliphatic imine (C=N–C) groups is 2. The van der Waals surface area contributed by atoms with Gasteiger partial charge in [0.2, 0.25) is 0 Å². The first kappa shape index (κ1) is 33.4. The maximum Gasteiger partial charge on any atom is 0.160 e. The molecular formula is C52H35N3OS. The standard InChI is InChI=1S/C52H35N3OS/c1-2-32-31-43(33-15-5-3-6-16-33)53-52(36-17-7-4-8-18-36)55-47(32)34-27-29-35(30-28-34)48-51-46(41-20-10-12-26-45(41)57-51)42-24-13-21-38(49(42)54-48)40-23-14-22-39-37-19-9-11-25-44(37)56-50(39)40/h3-32H,2H2,1H3. The molecule has 0 spiro atoms. The van der Waals surface area contributed by atoms with Crippen molar-refractivity contribution < 1.29 is 4.42 Å². The predicted octanol–water partition coefficient (Wildman–Crippen LogP) is 14.2. The molecule has 4 nitrogen and oxygen atoms in total. The summed E-state index contributed by atoms with van der Waals surface area (Å²) in [6.45, 7) is 2.22. The van der Waals surface area contributed by atoms with Gasteiger partial charge in [0.25, 0.3) is 0 Å². The molecule has 0 aliphatic carbocycles. The van der Waals surface area contributed by atoms with Crippen molar-refractivity contribution in [1.82, 2.24) is 4.98 Å². The lowest BCUT2D eigenvalue weighted by Crippen LogP contribution is -2.15. The van der Waals surface area contributed by atoms with Crippen molar-refractivity contribution in [2.45, 2.75) is 13.3 Å². The molecule has 1 atom stereocenters. The highest BCUT2D eigenvalue weighted by Gasteiger charge is 2.23. The van der Waals surface area contributed by atoms with Crippen LogP contribution in [0, 0.1) is 5.92 Å². The van der Waals surface area contributed by atoms with Crippen LogP contribution in [0.15, 0.2) is 190 Å². The summed E-state index contributed by atoms with van der Waals surface area (Å²) in [5.41, 5.74) is 12.0. The van der Waals surface area contributed by atoms with Crippen molar-refractivity contribution in [3.63, 3.8) is 0 Å². The van der Waals surface area contributed by atoms with E-state index in [0.29, 0.717) is 0 Å². The topological polar surface area (TPSA) is 50.8 Å². The van der Waals surface area contributed by atoms with Gasteiger partial charge in [-0.3, -0.25) is 0 Å². The number of benzene rings is 7. The number of aromatic nitrogens is 1. The zero-order valence-corrected chi connectivity index (χ0v) is 32.0. The fraction of sp³-hybridized carbons (Fsp3) is 0.0577. The average molecular weight is 750 g/mol. The lowest BCUT2D eigenvalue weighted by atomic mass is 9.91. The van der Waals surface area contributed by atoms with E-state index in [1.54, 1.807) is 0 Å². The third-order valence-corrected chi connectivity index (χ3v) is 12.4. The number of nitrogens with zero attached hydrogens (tertiary/aromatic N) is 3. The molecule has 1 unspecified atom stereocenters. The van der Waals surface area contributed by atoms with Gasteiger partial charge in [-0.15, -0.1) is 11.3 Å². The number of thiophene rings is 1. The maximum atomic E-state index is 6.56. The lowest BCUT2D eigenvalue weighted by Gasteiger charge is -2.15. The van der Waals surface area contributed by atoms with Crippen molar-refractivity contribution >= 4 is 81.6 Å². The molecule has 270 valence electrons. The van der Waals surface area contributed by atoms with Crippen LogP contribution in [0.1, 0.15) is 30.0 Å². The number of furan rings is 1. The Labute approximate surface area is 333 Å². The molecule has 10 aromatic rings. The number of para-hydroxylation sites is 3. The van der Waals surface area contributed by atoms with Crippen LogP contribution in [0.25, 0.3) is 81.1 Å². The molecule has 11 rings (SSSR count). The van der Waals surface area contributed by atoms with E-state index in [1.165, 1.54) is 20.2 Å². The Morgan fingerprint density at radius 2 is 1.19 bits per heavy atom. The second kappa shape index (κ2) is 13.7. The Morgan fingerprint density at radius 3 is 1.98 bits per heavy atom. The monoisotopic (exact) mass is 749 g/mol. The first-order valence-corrected chi connectivity index (χ1v) is 20.3. The highest BCUT2D eigenvalue weighted by Crippen LogP contribution is 2.46. The van der Waals surface area contributed by atoms with Gasteiger partial charge in [-0.25, -0.2) is 15.0 Å². The van der Waals surface area contributed by atoms with Crippen LogP contribution in [0.3, 0.4) is 0 Å². The van der Waals surface area contributed by atoms with Gasteiger partial charge in [0.15, 0.2) is 5.84 Å². The molecule has 3 aromatic heterocycles. The summed E-state index contributed by atoms with van der Waals surface area (Å²) in [6.07, 6.45) is 3.18. The molecule has 4 heterocycles. The summed E-state index contributed by atoms with van der Waals surface area (Å²) >= 11 is 1.81. The highest BCUT2D eigenvalue weighted by atomic mass is 32.1. The molecule has 5 heteroatoms. The van der Waals surface area contributed by atoms with Crippen molar-refractivity contribution in [2.75, 3.05) is 0 Å². The first-order valence-electron chi connectivity index (χ1n) is 19.5. The smallest absolute Gasteiger partial charge is 0.160 e. The molecule has 57 heavy (non-hydrogen) atoms. The number of hydrogen-bond acceptors (Lipinski definition) is 5. The Bertz CT molecular complexity index is 3260. The molecular weight excluding hydrogens is 715 g/mol. The molecule has 0 amide bonds. The summed E-state index contributed by atoms with van der Waals surface area (Å²) in [5.74, 6) is 0.795. The van der Waals surface area contributed by atoms with E-state index < -0.39 is 0 Å². The predicted molar refractivity (Wildman–Crippen MR) is 240 cm³/mol. The number of rotatable bonds is 6. The van der Waals surface area contributed by atoms with Crippen LogP contribution in [0.2, 0.25) is 0 Å². The summed E-state index contributed by atoms with van der Waals surface area (Å²) < 4.78 is 8.99. The summed E-state index contributed by atoms with van der Waals surface area (Å²) in [6, 6.07) is 59.6. The van der Waals surface area contributed by atoms with E-state index in [9.17, 15) is 0 Å². The van der Waals surface area contributed by atoms with E-state index in [2.05, 4.69) is 146 Å². The number of fused-ring (bicyclic) bond motifs is 8. The van der Waals surface area contributed by atoms with Crippen LogP contribution >= 0.6 is 11.3 Å². The average Bonchev–Trinajstić information content (AvgIpc) is 3.79. The molecule has 0 saturated carbocycles. The minimum atomic E-state index is 0.0765. The van der Waals surface area contributed by atoms with Crippen molar-refractivity contribution in [2.24, 2.45) is 15.9 Å². The summed E-state index contributed by atoms with van der Waals surface area (Å²) in [5, 5.41) is 5.85. The van der Waals surface area contributed by atoms with Crippen LogP contribution < -0.4 is 0 Å². The highest BCUT2D eigenvalue weighted by molar-refractivity contribution is 7.26. The fourth-order valence-corrected chi connectivity index (χ4v) is 9.63. The third kappa shape index (κ3) is 5.62. The lowest BCUT2D eigenvalue weighted by molar-refractivity contribution is 0.670. The van der Waals surface area contributed by atoms with E-state index in [-0.39, 0.29) is 5.92 Å². The third-order valence-electron chi connectivity index (χ3n) is 11.2. The molecule has 0 N–H and O–H groups in total. The van der Waals surface area contributed by atoms with Crippen LogP contribution in [0.4, 0.5) is 0 Å². The maximum absolute atomic E-state index is 6.56. The Hall–Kier alpha value is -6.95. The summed E-state index contributed by atoms with van der Waals surface area (Å²) in [4.78, 5) is 16.1. The number of amidine groups is 1. The van der Waals surface area contributed by atoms with Crippen molar-refractivity contribution in [3.8, 4) is 22.4 Å². The number of hydrogen-bond donors (Lipinski definition) is 0. The van der Waals surface area contributed by atoms with Gasteiger partial charge in [0.05, 0.1) is 27.3 Å². The van der Waals surface area contributed by atoms with Crippen LogP contribution in [0.5, 0.6) is 0 Å².